The molecule has 0 aliphatic carbocycles. The molecule has 3 heterocycles. The standard InChI is InChI=1S/C25H18Cl2N4O2/c1-14-3-6-21-19(11-14)22(15(2)31(21)13-17-4-5-18(26)12-20(17)27)23(32)25-30-29-24(33-25)16-7-9-28-10-8-16/h3-12H,13H2,1-2H3. The van der Waals surface area contributed by atoms with Gasteiger partial charge in [-0.05, 0) is 55.8 Å². The zero-order chi connectivity index (χ0) is 23.1. The molecule has 3 aromatic heterocycles. The number of carbonyl (C=O) groups excluding carboxylic acids is 1. The second-order valence-electron chi connectivity index (χ2n) is 7.78. The van der Waals surface area contributed by atoms with Crippen LogP contribution in [0.1, 0.15) is 33.1 Å². The molecule has 2 aromatic carbocycles. The third kappa shape index (κ3) is 3.92. The largest absolute Gasteiger partial charge is 0.413 e. The normalized spacial score (nSPS) is 11.3. The quantitative estimate of drug-likeness (QED) is 0.278. The molecular formula is C25H18Cl2N4O2. The first-order chi connectivity index (χ1) is 15.9. The highest BCUT2D eigenvalue weighted by atomic mass is 35.5. The third-order valence-electron chi connectivity index (χ3n) is 5.60. The van der Waals surface area contributed by atoms with Crippen molar-refractivity contribution in [2.75, 3.05) is 0 Å². The van der Waals surface area contributed by atoms with Gasteiger partial charge in [0, 0.05) is 51.1 Å². The van der Waals surface area contributed by atoms with Crippen molar-refractivity contribution in [3.8, 4) is 11.5 Å². The Hall–Kier alpha value is -3.48. The van der Waals surface area contributed by atoms with Gasteiger partial charge in [0.05, 0.1) is 5.56 Å². The van der Waals surface area contributed by atoms with Gasteiger partial charge >= 0.3 is 0 Å². The summed E-state index contributed by atoms with van der Waals surface area (Å²) in [5, 5.41) is 10.0. The molecule has 5 rings (SSSR count). The molecule has 0 saturated heterocycles. The van der Waals surface area contributed by atoms with Gasteiger partial charge in [0.25, 0.3) is 11.7 Å². The predicted molar refractivity (Wildman–Crippen MR) is 128 cm³/mol. The highest BCUT2D eigenvalue weighted by Gasteiger charge is 2.26. The summed E-state index contributed by atoms with van der Waals surface area (Å²) >= 11 is 12.5. The van der Waals surface area contributed by atoms with Crippen LogP contribution >= 0.6 is 23.2 Å². The van der Waals surface area contributed by atoms with Crippen molar-refractivity contribution in [2.24, 2.45) is 0 Å². The van der Waals surface area contributed by atoms with Gasteiger partial charge in [-0.2, -0.15) is 0 Å². The lowest BCUT2D eigenvalue weighted by Gasteiger charge is -2.11. The second kappa shape index (κ2) is 8.46. The van der Waals surface area contributed by atoms with Crippen LogP contribution in [-0.2, 0) is 6.54 Å². The molecule has 33 heavy (non-hydrogen) atoms. The van der Waals surface area contributed by atoms with E-state index >= 15 is 0 Å². The molecule has 0 spiro atoms. The number of benzene rings is 2. The Morgan fingerprint density at radius 1 is 1.00 bits per heavy atom. The zero-order valence-electron chi connectivity index (χ0n) is 17.8. The molecule has 0 aliphatic rings. The Bertz CT molecular complexity index is 1510. The summed E-state index contributed by atoms with van der Waals surface area (Å²) in [5.41, 5.74) is 4.88. The average Bonchev–Trinajstić information content (AvgIpc) is 3.39. The van der Waals surface area contributed by atoms with Crippen molar-refractivity contribution in [3.05, 3.63) is 99.2 Å². The van der Waals surface area contributed by atoms with E-state index in [1.807, 2.05) is 38.1 Å². The number of carbonyl (C=O) groups is 1. The molecule has 8 heteroatoms. The first kappa shape index (κ1) is 21.4. The number of aromatic nitrogens is 4. The minimum absolute atomic E-state index is 0.0602. The number of nitrogens with zero attached hydrogens (tertiary/aromatic N) is 4. The van der Waals surface area contributed by atoms with Crippen molar-refractivity contribution in [2.45, 2.75) is 20.4 Å². The van der Waals surface area contributed by atoms with Crippen LogP contribution in [-0.4, -0.2) is 25.5 Å². The summed E-state index contributed by atoms with van der Waals surface area (Å²) in [6.07, 6.45) is 3.26. The monoisotopic (exact) mass is 476 g/mol. The molecule has 0 atom stereocenters. The second-order valence-corrected chi connectivity index (χ2v) is 8.62. The lowest BCUT2D eigenvalue weighted by atomic mass is 10.0. The summed E-state index contributed by atoms with van der Waals surface area (Å²) in [6, 6.07) is 14.9. The fourth-order valence-corrected chi connectivity index (χ4v) is 4.41. The topological polar surface area (TPSA) is 73.8 Å². The van der Waals surface area contributed by atoms with Crippen LogP contribution in [0.2, 0.25) is 10.0 Å². The summed E-state index contributed by atoms with van der Waals surface area (Å²) in [6.45, 7) is 4.39. The maximum absolute atomic E-state index is 13.5. The molecule has 0 saturated carbocycles. The van der Waals surface area contributed by atoms with Gasteiger partial charge in [0.15, 0.2) is 0 Å². The molecule has 164 valence electrons. The molecule has 0 amide bonds. The molecule has 5 aromatic rings. The number of aryl methyl sites for hydroxylation is 1. The van der Waals surface area contributed by atoms with Gasteiger partial charge in [-0.25, -0.2) is 0 Å². The first-order valence-electron chi connectivity index (χ1n) is 10.2. The van der Waals surface area contributed by atoms with Crippen molar-refractivity contribution >= 4 is 39.9 Å². The van der Waals surface area contributed by atoms with Gasteiger partial charge < -0.3 is 8.98 Å². The Morgan fingerprint density at radius 2 is 1.79 bits per heavy atom. The zero-order valence-corrected chi connectivity index (χ0v) is 19.4. The first-order valence-corrected chi connectivity index (χ1v) is 11.0. The molecular weight excluding hydrogens is 459 g/mol. The molecule has 6 nitrogen and oxygen atoms in total. The van der Waals surface area contributed by atoms with E-state index in [0.717, 1.165) is 27.7 Å². The maximum Gasteiger partial charge on any atom is 0.289 e. The van der Waals surface area contributed by atoms with E-state index in [4.69, 9.17) is 27.6 Å². The van der Waals surface area contributed by atoms with Crippen LogP contribution in [0.4, 0.5) is 0 Å². The van der Waals surface area contributed by atoms with Crippen molar-refractivity contribution in [1.82, 2.24) is 19.7 Å². The van der Waals surface area contributed by atoms with Gasteiger partial charge in [0.2, 0.25) is 5.89 Å². The van der Waals surface area contributed by atoms with Gasteiger partial charge in [0.1, 0.15) is 0 Å². The average molecular weight is 477 g/mol. The van der Waals surface area contributed by atoms with E-state index < -0.39 is 0 Å². The fraction of sp³-hybridized carbons (Fsp3) is 0.120. The summed E-state index contributed by atoms with van der Waals surface area (Å²) in [7, 11) is 0. The Kier molecular flexibility index (Phi) is 5.48. The Balaban J connectivity index is 1.61. The molecule has 0 radical (unpaired) electrons. The van der Waals surface area contributed by atoms with E-state index in [0.29, 0.717) is 27.7 Å². The molecule has 0 bridgehead atoms. The Labute approximate surface area is 199 Å². The van der Waals surface area contributed by atoms with Crippen molar-refractivity contribution in [1.29, 1.82) is 0 Å². The minimum atomic E-state index is -0.322. The number of ketones is 1. The fourth-order valence-electron chi connectivity index (χ4n) is 3.94. The van der Waals surface area contributed by atoms with E-state index in [-0.39, 0.29) is 17.6 Å². The smallest absolute Gasteiger partial charge is 0.289 e. The Morgan fingerprint density at radius 3 is 2.55 bits per heavy atom. The number of rotatable bonds is 5. The van der Waals surface area contributed by atoms with Crippen molar-refractivity contribution < 1.29 is 9.21 Å². The molecule has 0 aliphatic heterocycles. The van der Waals surface area contributed by atoms with E-state index in [1.165, 1.54) is 0 Å². The van der Waals surface area contributed by atoms with Crippen LogP contribution in [0.15, 0.2) is 65.3 Å². The van der Waals surface area contributed by atoms with Crippen LogP contribution < -0.4 is 0 Å². The SMILES string of the molecule is Cc1ccc2c(c1)c(C(=O)c1nnc(-c3ccncc3)o1)c(C)n2Cc1ccc(Cl)cc1Cl. The summed E-state index contributed by atoms with van der Waals surface area (Å²) in [4.78, 5) is 17.5. The van der Waals surface area contributed by atoms with Gasteiger partial charge in [-0.3, -0.25) is 9.78 Å². The van der Waals surface area contributed by atoms with Crippen LogP contribution in [0.5, 0.6) is 0 Å². The van der Waals surface area contributed by atoms with Crippen LogP contribution in [0.25, 0.3) is 22.4 Å². The lowest BCUT2D eigenvalue weighted by molar-refractivity contribution is 0.100. The number of hydrogen-bond donors (Lipinski definition) is 0. The molecule has 0 fully saturated rings. The molecule has 0 N–H and O–H groups in total. The number of hydrogen-bond acceptors (Lipinski definition) is 5. The van der Waals surface area contributed by atoms with Gasteiger partial charge in [-0.1, -0.05) is 40.9 Å². The summed E-state index contributed by atoms with van der Waals surface area (Å²) < 4.78 is 7.80. The molecule has 0 unspecified atom stereocenters. The predicted octanol–water partition coefficient (Wildman–Crippen LogP) is 6.29. The summed E-state index contributed by atoms with van der Waals surface area (Å²) in [5.74, 6) is -0.113. The number of pyridine rings is 1. The van der Waals surface area contributed by atoms with E-state index in [1.54, 1.807) is 36.7 Å². The highest BCUT2D eigenvalue weighted by molar-refractivity contribution is 6.35. The van der Waals surface area contributed by atoms with Crippen molar-refractivity contribution in [3.63, 3.8) is 0 Å². The van der Waals surface area contributed by atoms with E-state index in [9.17, 15) is 4.79 Å². The van der Waals surface area contributed by atoms with Crippen LogP contribution in [0, 0.1) is 13.8 Å². The highest BCUT2D eigenvalue weighted by Crippen LogP contribution is 2.31. The van der Waals surface area contributed by atoms with Crippen LogP contribution in [0.3, 0.4) is 0 Å². The number of fused-ring (bicyclic) bond motifs is 1. The minimum Gasteiger partial charge on any atom is -0.413 e. The van der Waals surface area contributed by atoms with Gasteiger partial charge in [-0.15, -0.1) is 10.2 Å². The maximum atomic E-state index is 13.5. The number of halogens is 2. The van der Waals surface area contributed by atoms with E-state index in [2.05, 4.69) is 19.7 Å². The lowest BCUT2D eigenvalue weighted by Crippen LogP contribution is -2.07. The third-order valence-corrected chi connectivity index (χ3v) is 6.18.